The van der Waals surface area contributed by atoms with Gasteiger partial charge >= 0.3 is 5.97 Å². The topological polar surface area (TPSA) is 84.0 Å². The highest BCUT2D eigenvalue weighted by atomic mass is 16.5. The van der Waals surface area contributed by atoms with Gasteiger partial charge in [0.15, 0.2) is 6.10 Å². The lowest BCUT2D eigenvalue weighted by Crippen LogP contribution is -2.40. The van der Waals surface area contributed by atoms with Crippen molar-refractivity contribution in [3.8, 4) is 0 Å². The Morgan fingerprint density at radius 2 is 1.63 bits per heavy atom. The van der Waals surface area contributed by atoms with Crippen LogP contribution in [0.15, 0.2) is 24.3 Å². The third kappa shape index (κ3) is 4.35. The van der Waals surface area contributed by atoms with E-state index in [1.807, 2.05) is 0 Å². The van der Waals surface area contributed by atoms with Crippen LogP contribution in [0.2, 0.25) is 0 Å². The first-order valence-corrected chi connectivity index (χ1v) is 9.43. The predicted octanol–water partition coefficient (Wildman–Crippen LogP) is 2.29. The van der Waals surface area contributed by atoms with Crippen LogP contribution >= 0.6 is 0 Å². The van der Waals surface area contributed by atoms with Crippen molar-refractivity contribution in [2.24, 2.45) is 0 Å². The smallest absolute Gasteiger partial charge is 0.338 e. The number of rotatable bonds is 4. The van der Waals surface area contributed by atoms with Crippen molar-refractivity contribution in [1.82, 2.24) is 4.90 Å². The van der Waals surface area contributed by atoms with Gasteiger partial charge in [-0.2, -0.15) is 0 Å². The molecular formula is C20H24N2O5. The fourth-order valence-electron chi connectivity index (χ4n) is 3.46. The van der Waals surface area contributed by atoms with E-state index in [0.717, 1.165) is 30.6 Å². The van der Waals surface area contributed by atoms with Crippen molar-refractivity contribution < 1.29 is 23.9 Å². The van der Waals surface area contributed by atoms with Crippen molar-refractivity contribution >= 4 is 29.4 Å². The second kappa shape index (κ2) is 8.33. The summed E-state index contributed by atoms with van der Waals surface area (Å²) in [6, 6.07) is 6.18. The molecule has 2 saturated heterocycles. The quantitative estimate of drug-likeness (QED) is 0.598. The lowest BCUT2D eigenvalue weighted by molar-refractivity contribution is -0.139. The molecule has 7 heteroatoms. The maximum Gasteiger partial charge on any atom is 0.338 e. The SMILES string of the molecule is C[C@@H](OC(=O)c1cccc(N2C(=O)CCC2=O)c1)C(=O)N1CCCCCC1. The summed E-state index contributed by atoms with van der Waals surface area (Å²) in [6.45, 7) is 2.95. The summed E-state index contributed by atoms with van der Waals surface area (Å²) >= 11 is 0. The van der Waals surface area contributed by atoms with E-state index in [2.05, 4.69) is 0 Å². The van der Waals surface area contributed by atoms with Gasteiger partial charge in [0.25, 0.3) is 5.91 Å². The molecule has 0 radical (unpaired) electrons. The molecular weight excluding hydrogens is 348 g/mol. The monoisotopic (exact) mass is 372 g/mol. The van der Waals surface area contributed by atoms with Gasteiger partial charge in [-0.3, -0.25) is 19.3 Å². The van der Waals surface area contributed by atoms with Crippen LogP contribution in [0.5, 0.6) is 0 Å². The number of nitrogens with zero attached hydrogens (tertiary/aromatic N) is 2. The van der Waals surface area contributed by atoms with Crippen LogP contribution in [0.4, 0.5) is 5.69 Å². The zero-order valence-corrected chi connectivity index (χ0v) is 15.5. The van der Waals surface area contributed by atoms with E-state index in [4.69, 9.17) is 4.74 Å². The highest BCUT2D eigenvalue weighted by Gasteiger charge is 2.31. The first-order chi connectivity index (χ1) is 13.0. The van der Waals surface area contributed by atoms with E-state index in [1.54, 1.807) is 30.0 Å². The van der Waals surface area contributed by atoms with Crippen LogP contribution in [0.1, 0.15) is 55.8 Å². The minimum Gasteiger partial charge on any atom is -0.449 e. The molecule has 2 heterocycles. The van der Waals surface area contributed by atoms with Crippen LogP contribution in [0.3, 0.4) is 0 Å². The number of likely N-dealkylation sites (tertiary alicyclic amines) is 1. The summed E-state index contributed by atoms with van der Waals surface area (Å²) in [4.78, 5) is 51.6. The molecule has 2 aliphatic rings. The standard InChI is InChI=1S/C20H24N2O5/c1-14(19(25)21-11-4-2-3-5-12-21)27-20(26)15-7-6-8-16(13-15)22-17(23)9-10-18(22)24/h6-8,13-14H,2-5,9-12H2,1H3/t14-/m1/s1. The molecule has 2 aliphatic heterocycles. The summed E-state index contributed by atoms with van der Waals surface area (Å²) in [6.07, 6.45) is 3.62. The molecule has 0 aliphatic carbocycles. The second-order valence-electron chi connectivity index (χ2n) is 6.96. The molecule has 0 saturated carbocycles. The molecule has 27 heavy (non-hydrogen) atoms. The molecule has 0 aromatic heterocycles. The van der Waals surface area contributed by atoms with Crippen molar-refractivity contribution in [2.45, 2.75) is 51.6 Å². The lowest BCUT2D eigenvalue weighted by Gasteiger charge is -2.24. The summed E-state index contributed by atoms with van der Waals surface area (Å²) in [5.74, 6) is -1.40. The molecule has 7 nitrogen and oxygen atoms in total. The number of benzene rings is 1. The largest absolute Gasteiger partial charge is 0.449 e. The van der Waals surface area contributed by atoms with Crippen molar-refractivity contribution in [1.29, 1.82) is 0 Å². The number of hydrogen-bond acceptors (Lipinski definition) is 5. The number of ether oxygens (including phenoxy) is 1. The summed E-state index contributed by atoms with van der Waals surface area (Å²) in [5.41, 5.74) is 0.555. The molecule has 3 rings (SSSR count). The zero-order chi connectivity index (χ0) is 19.4. The molecule has 0 spiro atoms. The molecule has 1 atom stereocenters. The minimum absolute atomic E-state index is 0.175. The average Bonchev–Trinajstić information content (AvgIpc) is 2.86. The second-order valence-corrected chi connectivity index (χ2v) is 6.96. The summed E-state index contributed by atoms with van der Waals surface area (Å²) in [7, 11) is 0. The zero-order valence-electron chi connectivity index (χ0n) is 15.5. The first-order valence-electron chi connectivity index (χ1n) is 9.43. The Kier molecular flexibility index (Phi) is 5.88. The van der Waals surface area contributed by atoms with Gasteiger partial charge in [-0.25, -0.2) is 4.79 Å². The van der Waals surface area contributed by atoms with Crippen molar-refractivity contribution in [3.05, 3.63) is 29.8 Å². The maximum absolute atomic E-state index is 12.5. The van der Waals surface area contributed by atoms with Crippen molar-refractivity contribution in [2.75, 3.05) is 18.0 Å². The Hall–Kier alpha value is -2.70. The highest BCUT2D eigenvalue weighted by Crippen LogP contribution is 2.24. The molecule has 1 aromatic carbocycles. The van der Waals surface area contributed by atoms with Gasteiger partial charge in [-0.05, 0) is 38.0 Å². The summed E-state index contributed by atoms with van der Waals surface area (Å²) in [5, 5.41) is 0. The van der Waals surface area contributed by atoms with Crippen molar-refractivity contribution in [3.63, 3.8) is 0 Å². The van der Waals surface area contributed by atoms with Crippen LogP contribution in [0.25, 0.3) is 0 Å². The Morgan fingerprint density at radius 3 is 2.26 bits per heavy atom. The third-order valence-electron chi connectivity index (χ3n) is 4.94. The summed E-state index contributed by atoms with van der Waals surface area (Å²) < 4.78 is 5.35. The molecule has 144 valence electrons. The van der Waals surface area contributed by atoms with Crippen LogP contribution in [0, 0.1) is 0 Å². The normalized spacial score (nSPS) is 19.0. The fraction of sp³-hybridized carbons (Fsp3) is 0.500. The van der Waals surface area contributed by atoms with E-state index in [9.17, 15) is 19.2 Å². The Bertz CT molecular complexity index is 736. The lowest BCUT2D eigenvalue weighted by atomic mass is 10.2. The fourth-order valence-corrected chi connectivity index (χ4v) is 3.46. The van der Waals surface area contributed by atoms with Gasteiger partial charge in [0.1, 0.15) is 0 Å². The van der Waals surface area contributed by atoms with Gasteiger partial charge < -0.3 is 9.64 Å². The minimum atomic E-state index is -0.880. The molecule has 3 amide bonds. The van der Waals surface area contributed by atoms with Gasteiger partial charge in [0.05, 0.1) is 11.3 Å². The number of hydrogen-bond donors (Lipinski definition) is 0. The van der Waals surface area contributed by atoms with E-state index < -0.39 is 12.1 Å². The Morgan fingerprint density at radius 1 is 1.00 bits per heavy atom. The van der Waals surface area contributed by atoms with E-state index in [1.165, 1.54) is 6.07 Å². The van der Waals surface area contributed by atoms with E-state index in [-0.39, 0.29) is 36.1 Å². The van der Waals surface area contributed by atoms with Gasteiger partial charge in [0, 0.05) is 25.9 Å². The predicted molar refractivity (Wildman–Crippen MR) is 98.1 cm³/mol. The Labute approximate surface area is 158 Å². The molecule has 0 unspecified atom stereocenters. The number of carbonyl (C=O) groups excluding carboxylic acids is 4. The molecule has 0 N–H and O–H groups in total. The molecule has 0 bridgehead atoms. The van der Waals surface area contributed by atoms with Gasteiger partial charge in [0.2, 0.25) is 11.8 Å². The third-order valence-corrected chi connectivity index (χ3v) is 4.94. The van der Waals surface area contributed by atoms with E-state index in [0.29, 0.717) is 18.8 Å². The number of imide groups is 1. The van der Waals surface area contributed by atoms with Crippen LogP contribution < -0.4 is 4.90 Å². The Balaban J connectivity index is 1.67. The van der Waals surface area contributed by atoms with E-state index >= 15 is 0 Å². The van der Waals surface area contributed by atoms with Gasteiger partial charge in [-0.15, -0.1) is 0 Å². The number of amides is 3. The number of esters is 1. The van der Waals surface area contributed by atoms with Gasteiger partial charge in [-0.1, -0.05) is 18.9 Å². The number of carbonyl (C=O) groups is 4. The average molecular weight is 372 g/mol. The maximum atomic E-state index is 12.5. The highest BCUT2D eigenvalue weighted by molar-refractivity contribution is 6.20. The molecule has 2 fully saturated rings. The first kappa shape index (κ1) is 19.1. The van der Waals surface area contributed by atoms with Crippen LogP contribution in [-0.2, 0) is 19.1 Å². The number of anilines is 1. The van der Waals surface area contributed by atoms with Crippen LogP contribution in [-0.4, -0.2) is 47.8 Å². The molecule has 1 aromatic rings.